The Morgan fingerprint density at radius 3 is 2.71 bits per heavy atom. The molecule has 0 bridgehead atoms. The van der Waals surface area contributed by atoms with Crippen LogP contribution in [0.4, 0.5) is 4.39 Å². The number of halogens is 2. The summed E-state index contributed by atoms with van der Waals surface area (Å²) in [4.78, 5) is 0. The van der Waals surface area contributed by atoms with E-state index in [-0.39, 0.29) is 11.9 Å². The third-order valence-electron chi connectivity index (χ3n) is 3.70. The van der Waals surface area contributed by atoms with Crippen molar-refractivity contribution in [2.75, 3.05) is 0 Å². The second-order valence-electron chi connectivity index (χ2n) is 5.12. The van der Waals surface area contributed by atoms with E-state index in [2.05, 4.69) is 33.4 Å². The van der Waals surface area contributed by atoms with Gasteiger partial charge in [-0.05, 0) is 46.5 Å². The van der Waals surface area contributed by atoms with Crippen molar-refractivity contribution in [3.63, 3.8) is 0 Å². The van der Waals surface area contributed by atoms with Crippen molar-refractivity contribution in [3.8, 4) is 0 Å². The van der Waals surface area contributed by atoms with Gasteiger partial charge in [-0.1, -0.05) is 19.1 Å². The number of benzene rings is 1. The van der Waals surface area contributed by atoms with Crippen LogP contribution < -0.4 is 11.3 Å². The lowest BCUT2D eigenvalue weighted by atomic mass is 10.0. The van der Waals surface area contributed by atoms with E-state index in [0.29, 0.717) is 12.0 Å². The minimum absolute atomic E-state index is 0.170. The van der Waals surface area contributed by atoms with Gasteiger partial charge in [-0.3, -0.25) is 16.0 Å². The monoisotopic (exact) mass is 354 g/mol. The van der Waals surface area contributed by atoms with Gasteiger partial charge in [0.05, 0.1) is 21.9 Å². The molecule has 1 unspecified atom stereocenters. The number of hydrogen-bond acceptors (Lipinski definition) is 3. The van der Waals surface area contributed by atoms with E-state index >= 15 is 0 Å². The molecule has 2 rings (SSSR count). The molecule has 0 saturated heterocycles. The van der Waals surface area contributed by atoms with E-state index in [1.54, 1.807) is 13.0 Å². The predicted molar refractivity (Wildman–Crippen MR) is 85.2 cm³/mol. The molecule has 3 N–H and O–H groups in total. The topological polar surface area (TPSA) is 55.9 Å². The fourth-order valence-electron chi connectivity index (χ4n) is 2.33. The highest BCUT2D eigenvalue weighted by Gasteiger charge is 2.19. The molecule has 21 heavy (non-hydrogen) atoms. The molecule has 0 aliphatic heterocycles. The van der Waals surface area contributed by atoms with E-state index in [9.17, 15) is 4.39 Å². The van der Waals surface area contributed by atoms with Gasteiger partial charge in [0, 0.05) is 13.5 Å². The third-order valence-corrected chi connectivity index (χ3v) is 4.62. The average Bonchev–Trinajstić information content (AvgIpc) is 2.74. The second-order valence-corrected chi connectivity index (χ2v) is 5.91. The zero-order chi connectivity index (χ0) is 15.6. The number of aryl methyl sites for hydroxylation is 3. The number of aromatic nitrogens is 2. The number of rotatable bonds is 5. The van der Waals surface area contributed by atoms with Crippen LogP contribution in [-0.4, -0.2) is 9.78 Å². The van der Waals surface area contributed by atoms with Gasteiger partial charge in [0.15, 0.2) is 0 Å². The van der Waals surface area contributed by atoms with Gasteiger partial charge in [0.1, 0.15) is 5.82 Å². The average molecular weight is 355 g/mol. The Morgan fingerprint density at radius 2 is 2.19 bits per heavy atom. The molecule has 0 fully saturated rings. The Bertz CT molecular complexity index is 639. The summed E-state index contributed by atoms with van der Waals surface area (Å²) in [7, 11) is 1.91. The summed E-state index contributed by atoms with van der Waals surface area (Å²) < 4.78 is 16.6. The molecule has 6 heteroatoms. The summed E-state index contributed by atoms with van der Waals surface area (Å²) in [5.41, 5.74) is 6.27. The lowest BCUT2D eigenvalue weighted by Gasteiger charge is -2.17. The Hall–Kier alpha value is -1.24. The van der Waals surface area contributed by atoms with Crippen molar-refractivity contribution in [3.05, 3.63) is 51.0 Å². The van der Waals surface area contributed by atoms with Gasteiger partial charge in [0.2, 0.25) is 0 Å². The fourth-order valence-corrected chi connectivity index (χ4v) is 3.11. The van der Waals surface area contributed by atoms with Crippen molar-refractivity contribution < 1.29 is 4.39 Å². The first-order chi connectivity index (χ1) is 9.97. The number of nitrogens with two attached hydrogens (primary N) is 1. The standard InChI is InChI=1S/C15H20BrFN4/c1-4-12-15(16)14(21(3)20-12)8-13(19-18)10-6-5-9(2)11(17)7-10/h5-7,13,19H,4,8,18H2,1-3H3. The van der Waals surface area contributed by atoms with Crippen LogP contribution in [0.25, 0.3) is 0 Å². The third kappa shape index (κ3) is 3.33. The first-order valence-electron chi connectivity index (χ1n) is 6.90. The molecule has 2 aromatic rings. The molecule has 0 spiro atoms. The van der Waals surface area contributed by atoms with E-state index in [1.807, 2.05) is 17.8 Å². The second kappa shape index (κ2) is 6.68. The van der Waals surface area contributed by atoms with E-state index in [4.69, 9.17) is 5.84 Å². The molecule has 1 heterocycles. The van der Waals surface area contributed by atoms with Crippen LogP contribution in [0, 0.1) is 12.7 Å². The SMILES string of the molecule is CCc1nn(C)c(CC(NN)c2ccc(C)c(F)c2)c1Br. The summed E-state index contributed by atoms with van der Waals surface area (Å²) in [6.07, 6.45) is 1.48. The number of hydrazine groups is 1. The van der Waals surface area contributed by atoms with Crippen molar-refractivity contribution in [1.82, 2.24) is 15.2 Å². The van der Waals surface area contributed by atoms with Crippen LogP contribution in [0.3, 0.4) is 0 Å². The molecule has 1 aromatic carbocycles. The van der Waals surface area contributed by atoms with Crippen LogP contribution in [0.2, 0.25) is 0 Å². The predicted octanol–water partition coefficient (Wildman–Crippen LogP) is 2.94. The molecular formula is C15H20BrFN4. The normalized spacial score (nSPS) is 12.7. The maximum absolute atomic E-state index is 13.7. The van der Waals surface area contributed by atoms with Crippen molar-refractivity contribution in [1.29, 1.82) is 0 Å². The summed E-state index contributed by atoms with van der Waals surface area (Å²) in [6.45, 7) is 3.81. The first kappa shape index (κ1) is 16.1. The highest BCUT2D eigenvalue weighted by molar-refractivity contribution is 9.10. The highest BCUT2D eigenvalue weighted by Crippen LogP contribution is 2.27. The van der Waals surface area contributed by atoms with E-state index < -0.39 is 0 Å². The fraction of sp³-hybridized carbons (Fsp3) is 0.400. The maximum atomic E-state index is 13.7. The molecule has 1 aromatic heterocycles. The Balaban J connectivity index is 2.31. The molecule has 0 radical (unpaired) electrons. The van der Waals surface area contributed by atoms with Crippen LogP contribution >= 0.6 is 15.9 Å². The zero-order valence-electron chi connectivity index (χ0n) is 12.5. The van der Waals surface area contributed by atoms with Crippen molar-refractivity contribution in [2.45, 2.75) is 32.7 Å². The number of nitrogens with one attached hydrogen (secondary N) is 1. The summed E-state index contributed by atoms with van der Waals surface area (Å²) >= 11 is 3.59. The van der Waals surface area contributed by atoms with Gasteiger partial charge >= 0.3 is 0 Å². The minimum atomic E-state index is -0.217. The molecule has 0 aliphatic carbocycles. The van der Waals surface area contributed by atoms with E-state index in [0.717, 1.165) is 27.8 Å². The largest absolute Gasteiger partial charge is 0.271 e. The Morgan fingerprint density at radius 1 is 1.48 bits per heavy atom. The molecule has 1 atom stereocenters. The zero-order valence-corrected chi connectivity index (χ0v) is 14.0. The lowest BCUT2D eigenvalue weighted by Crippen LogP contribution is -2.30. The van der Waals surface area contributed by atoms with Crippen molar-refractivity contribution >= 4 is 15.9 Å². The summed E-state index contributed by atoms with van der Waals surface area (Å²) in [5.74, 6) is 5.45. The summed E-state index contributed by atoms with van der Waals surface area (Å²) in [6, 6.07) is 5.03. The molecule has 0 amide bonds. The smallest absolute Gasteiger partial charge is 0.126 e. The lowest BCUT2D eigenvalue weighted by molar-refractivity contribution is 0.523. The van der Waals surface area contributed by atoms with Crippen LogP contribution in [0.1, 0.15) is 35.5 Å². The van der Waals surface area contributed by atoms with Gasteiger partial charge in [-0.2, -0.15) is 5.10 Å². The van der Waals surface area contributed by atoms with Crippen LogP contribution in [-0.2, 0) is 19.9 Å². The van der Waals surface area contributed by atoms with Crippen LogP contribution in [0.15, 0.2) is 22.7 Å². The van der Waals surface area contributed by atoms with Crippen LogP contribution in [0.5, 0.6) is 0 Å². The first-order valence-corrected chi connectivity index (χ1v) is 7.69. The number of hydrogen-bond donors (Lipinski definition) is 2. The van der Waals surface area contributed by atoms with Gasteiger partial charge in [-0.15, -0.1) is 0 Å². The molecule has 114 valence electrons. The van der Waals surface area contributed by atoms with Gasteiger partial charge in [0.25, 0.3) is 0 Å². The highest BCUT2D eigenvalue weighted by atomic mass is 79.9. The molecule has 0 saturated carbocycles. The summed E-state index contributed by atoms with van der Waals surface area (Å²) in [5, 5.41) is 4.47. The maximum Gasteiger partial charge on any atom is 0.126 e. The molecular weight excluding hydrogens is 335 g/mol. The number of nitrogens with zero attached hydrogens (tertiary/aromatic N) is 2. The van der Waals surface area contributed by atoms with Gasteiger partial charge < -0.3 is 0 Å². The Kier molecular flexibility index (Phi) is 5.13. The van der Waals surface area contributed by atoms with E-state index in [1.165, 1.54) is 6.07 Å². The quantitative estimate of drug-likeness (QED) is 0.641. The van der Waals surface area contributed by atoms with Gasteiger partial charge in [-0.25, -0.2) is 4.39 Å². The molecule has 4 nitrogen and oxygen atoms in total. The van der Waals surface area contributed by atoms with Crippen molar-refractivity contribution in [2.24, 2.45) is 12.9 Å². The molecule has 0 aliphatic rings. The Labute approximate surface area is 132 Å². The minimum Gasteiger partial charge on any atom is -0.271 e.